The first-order chi connectivity index (χ1) is 10.2. The van der Waals surface area contributed by atoms with Gasteiger partial charge < -0.3 is 5.32 Å². The zero-order chi connectivity index (χ0) is 14.7. The molecule has 5 heteroatoms. The summed E-state index contributed by atoms with van der Waals surface area (Å²) >= 11 is 7.61. The van der Waals surface area contributed by atoms with Crippen LogP contribution in [0.1, 0.15) is 23.8 Å². The fourth-order valence-electron chi connectivity index (χ4n) is 2.74. The lowest BCUT2D eigenvalue weighted by molar-refractivity contribution is -0.117. The second kappa shape index (κ2) is 6.60. The molecular weight excluding hydrogens is 304 g/mol. The molecule has 1 aliphatic heterocycles. The van der Waals surface area contributed by atoms with Gasteiger partial charge in [0.2, 0.25) is 5.91 Å². The molecular formula is C16H17ClN2OS. The lowest BCUT2D eigenvalue weighted by Crippen LogP contribution is -2.32. The van der Waals surface area contributed by atoms with E-state index in [0.717, 1.165) is 25.1 Å². The number of halogens is 1. The number of benzene rings is 1. The Hall–Kier alpha value is -1.36. The normalized spacial score (nSPS) is 18.8. The monoisotopic (exact) mass is 320 g/mol. The van der Waals surface area contributed by atoms with Crippen LogP contribution >= 0.6 is 22.9 Å². The summed E-state index contributed by atoms with van der Waals surface area (Å²) in [5.74, 6) is 0.0285. The van der Waals surface area contributed by atoms with Crippen molar-refractivity contribution in [3.05, 3.63) is 51.7 Å². The van der Waals surface area contributed by atoms with Crippen molar-refractivity contribution in [2.45, 2.75) is 18.9 Å². The number of hydrogen-bond acceptors (Lipinski definition) is 3. The van der Waals surface area contributed by atoms with Gasteiger partial charge in [0.1, 0.15) is 0 Å². The Morgan fingerprint density at radius 3 is 2.86 bits per heavy atom. The van der Waals surface area contributed by atoms with Crippen LogP contribution in [-0.2, 0) is 4.79 Å². The molecule has 2 aromatic rings. The van der Waals surface area contributed by atoms with E-state index in [9.17, 15) is 4.79 Å². The molecule has 1 atom stereocenters. The Morgan fingerprint density at radius 2 is 2.14 bits per heavy atom. The molecule has 1 aliphatic rings. The third-order valence-corrected chi connectivity index (χ3v) is 4.94. The number of amides is 1. The van der Waals surface area contributed by atoms with Crippen LogP contribution in [0.3, 0.4) is 0 Å². The molecule has 0 saturated carbocycles. The minimum atomic E-state index is 0.0285. The summed E-state index contributed by atoms with van der Waals surface area (Å²) in [5.41, 5.74) is 0.788. The summed E-state index contributed by atoms with van der Waals surface area (Å²) in [5, 5.41) is 5.69. The van der Waals surface area contributed by atoms with E-state index in [4.69, 9.17) is 11.6 Å². The summed E-state index contributed by atoms with van der Waals surface area (Å²) in [6.07, 6.45) is 2.28. The number of hydrogen-bond donors (Lipinski definition) is 1. The van der Waals surface area contributed by atoms with E-state index in [1.807, 2.05) is 12.1 Å². The number of anilines is 1. The number of thiophene rings is 1. The predicted octanol–water partition coefficient (Wildman–Crippen LogP) is 4.18. The maximum Gasteiger partial charge on any atom is 0.238 e. The molecule has 1 aromatic heterocycles. The van der Waals surface area contributed by atoms with Gasteiger partial charge in [-0.3, -0.25) is 9.69 Å². The smallest absolute Gasteiger partial charge is 0.238 e. The maximum atomic E-state index is 12.2. The molecule has 0 radical (unpaired) electrons. The molecule has 0 aliphatic carbocycles. The number of likely N-dealkylation sites (tertiary alicyclic amines) is 1. The highest BCUT2D eigenvalue weighted by Gasteiger charge is 2.28. The molecule has 0 bridgehead atoms. The molecule has 21 heavy (non-hydrogen) atoms. The van der Waals surface area contributed by atoms with Gasteiger partial charge >= 0.3 is 0 Å². The number of nitrogens with one attached hydrogen (secondary N) is 1. The molecule has 1 saturated heterocycles. The van der Waals surface area contributed by atoms with Crippen LogP contribution in [-0.4, -0.2) is 23.9 Å². The molecule has 1 amide bonds. The largest absolute Gasteiger partial charge is 0.325 e. The van der Waals surface area contributed by atoms with Crippen molar-refractivity contribution in [1.29, 1.82) is 0 Å². The average Bonchev–Trinajstić information content (AvgIpc) is 3.11. The van der Waals surface area contributed by atoms with Gasteiger partial charge in [0.05, 0.1) is 6.54 Å². The molecule has 1 N–H and O–H groups in total. The molecule has 110 valence electrons. The fourth-order valence-corrected chi connectivity index (χ4v) is 3.76. The summed E-state index contributed by atoms with van der Waals surface area (Å²) < 4.78 is 0. The molecule has 1 aromatic carbocycles. The molecule has 2 heterocycles. The molecule has 0 spiro atoms. The van der Waals surface area contributed by atoms with Crippen molar-refractivity contribution in [1.82, 2.24) is 4.90 Å². The Bertz CT molecular complexity index is 597. The van der Waals surface area contributed by atoms with Crippen LogP contribution in [0.5, 0.6) is 0 Å². The zero-order valence-corrected chi connectivity index (χ0v) is 13.2. The summed E-state index contributed by atoms with van der Waals surface area (Å²) in [6.45, 7) is 1.42. The minimum absolute atomic E-state index is 0.0285. The standard InChI is InChI=1S/C16H17ClN2OS/c17-12-5-7-13(8-6-12)18-16(20)11-19-9-1-3-14(19)15-4-2-10-21-15/h2,4-8,10,14H,1,3,9,11H2,(H,18,20)/t14-/m1/s1. The van der Waals surface area contributed by atoms with Crippen molar-refractivity contribution in [2.24, 2.45) is 0 Å². The van der Waals surface area contributed by atoms with Gasteiger partial charge in [-0.05, 0) is 55.1 Å². The van der Waals surface area contributed by atoms with Gasteiger partial charge in [0, 0.05) is 21.6 Å². The zero-order valence-electron chi connectivity index (χ0n) is 11.6. The molecule has 0 unspecified atom stereocenters. The van der Waals surface area contributed by atoms with Crippen molar-refractivity contribution < 1.29 is 4.79 Å². The van der Waals surface area contributed by atoms with Crippen LogP contribution in [0.4, 0.5) is 5.69 Å². The first-order valence-corrected chi connectivity index (χ1v) is 8.31. The minimum Gasteiger partial charge on any atom is -0.325 e. The van der Waals surface area contributed by atoms with Gasteiger partial charge in [0.15, 0.2) is 0 Å². The van der Waals surface area contributed by atoms with E-state index >= 15 is 0 Å². The lowest BCUT2D eigenvalue weighted by Gasteiger charge is -2.22. The fraction of sp³-hybridized carbons (Fsp3) is 0.312. The first kappa shape index (κ1) is 14.6. The maximum absolute atomic E-state index is 12.2. The van der Waals surface area contributed by atoms with E-state index in [2.05, 4.69) is 27.7 Å². The van der Waals surface area contributed by atoms with E-state index < -0.39 is 0 Å². The molecule has 1 fully saturated rings. The Labute approximate surface area is 133 Å². The van der Waals surface area contributed by atoms with Crippen LogP contribution < -0.4 is 5.32 Å². The van der Waals surface area contributed by atoms with Crippen molar-refractivity contribution in [3.8, 4) is 0 Å². The second-order valence-corrected chi connectivity index (χ2v) is 6.61. The number of carbonyl (C=O) groups is 1. The van der Waals surface area contributed by atoms with E-state index in [-0.39, 0.29) is 5.91 Å². The number of nitrogens with zero attached hydrogens (tertiary/aromatic N) is 1. The van der Waals surface area contributed by atoms with E-state index in [1.54, 1.807) is 23.5 Å². The second-order valence-electron chi connectivity index (χ2n) is 5.20. The van der Waals surface area contributed by atoms with Crippen molar-refractivity contribution in [2.75, 3.05) is 18.4 Å². The summed E-state index contributed by atoms with van der Waals surface area (Å²) in [4.78, 5) is 15.8. The van der Waals surface area contributed by atoms with E-state index in [1.165, 1.54) is 4.88 Å². The first-order valence-electron chi connectivity index (χ1n) is 7.05. The third kappa shape index (κ3) is 3.64. The van der Waals surface area contributed by atoms with Gasteiger partial charge in [-0.25, -0.2) is 0 Å². The Morgan fingerprint density at radius 1 is 1.33 bits per heavy atom. The van der Waals surface area contributed by atoms with Crippen LogP contribution in [0.15, 0.2) is 41.8 Å². The third-order valence-electron chi connectivity index (χ3n) is 3.71. The molecule has 3 rings (SSSR count). The van der Waals surface area contributed by atoms with Crippen LogP contribution in [0, 0.1) is 0 Å². The van der Waals surface area contributed by atoms with Gasteiger partial charge in [-0.2, -0.15) is 0 Å². The predicted molar refractivity (Wildman–Crippen MR) is 87.9 cm³/mol. The lowest BCUT2D eigenvalue weighted by atomic mass is 10.2. The highest BCUT2D eigenvalue weighted by molar-refractivity contribution is 7.10. The van der Waals surface area contributed by atoms with E-state index in [0.29, 0.717) is 17.6 Å². The average molecular weight is 321 g/mol. The van der Waals surface area contributed by atoms with Crippen molar-refractivity contribution in [3.63, 3.8) is 0 Å². The number of carbonyl (C=O) groups excluding carboxylic acids is 1. The quantitative estimate of drug-likeness (QED) is 0.916. The van der Waals surface area contributed by atoms with Gasteiger partial charge in [-0.15, -0.1) is 11.3 Å². The van der Waals surface area contributed by atoms with Crippen LogP contribution in [0.25, 0.3) is 0 Å². The van der Waals surface area contributed by atoms with Gasteiger partial charge in [-0.1, -0.05) is 17.7 Å². The highest BCUT2D eigenvalue weighted by Crippen LogP contribution is 2.34. The SMILES string of the molecule is O=C(CN1CCC[C@@H]1c1cccs1)Nc1ccc(Cl)cc1. The number of rotatable bonds is 4. The summed E-state index contributed by atoms with van der Waals surface area (Å²) in [6, 6.07) is 11.8. The van der Waals surface area contributed by atoms with Gasteiger partial charge in [0.25, 0.3) is 0 Å². The topological polar surface area (TPSA) is 32.3 Å². The summed E-state index contributed by atoms with van der Waals surface area (Å²) in [7, 11) is 0. The Kier molecular flexibility index (Phi) is 4.58. The van der Waals surface area contributed by atoms with Crippen molar-refractivity contribution >= 4 is 34.5 Å². The highest BCUT2D eigenvalue weighted by atomic mass is 35.5. The van der Waals surface area contributed by atoms with Crippen LogP contribution in [0.2, 0.25) is 5.02 Å². The Balaban J connectivity index is 1.60. The molecule has 3 nitrogen and oxygen atoms in total.